The molecule has 2 aromatic rings. The zero-order chi connectivity index (χ0) is 16.8. The van der Waals surface area contributed by atoms with E-state index in [1.165, 1.54) is 6.07 Å². The van der Waals surface area contributed by atoms with E-state index >= 15 is 0 Å². The highest BCUT2D eigenvalue weighted by Gasteiger charge is 2.02. The maximum absolute atomic E-state index is 11.7. The van der Waals surface area contributed by atoms with Crippen molar-refractivity contribution in [3.8, 4) is 5.75 Å². The summed E-state index contributed by atoms with van der Waals surface area (Å²) in [7, 11) is 0. The molecule has 4 heteroatoms. The Labute approximate surface area is 135 Å². The zero-order valence-corrected chi connectivity index (χ0v) is 13.4. The predicted molar refractivity (Wildman–Crippen MR) is 90.8 cm³/mol. The Kier molecular flexibility index (Phi) is 5.52. The van der Waals surface area contributed by atoms with Crippen LogP contribution in [-0.4, -0.2) is 12.4 Å². The van der Waals surface area contributed by atoms with Gasteiger partial charge in [0.15, 0.2) is 5.78 Å². The maximum atomic E-state index is 11.7. The SMILES string of the molecule is C=C(C)CC(=O)C=C(C)CCOc1ccc2ccc(=O)oc2c1. The summed E-state index contributed by atoms with van der Waals surface area (Å²) in [5, 5.41) is 0.846. The molecule has 0 spiro atoms. The molecule has 0 aliphatic rings. The maximum Gasteiger partial charge on any atom is 0.336 e. The lowest BCUT2D eigenvalue weighted by molar-refractivity contribution is -0.114. The molecule has 0 aliphatic heterocycles. The normalized spacial score (nSPS) is 11.5. The third-order valence-electron chi connectivity index (χ3n) is 3.24. The summed E-state index contributed by atoms with van der Waals surface area (Å²) in [6.45, 7) is 7.92. The van der Waals surface area contributed by atoms with Gasteiger partial charge in [-0.15, -0.1) is 0 Å². The number of hydrogen-bond donors (Lipinski definition) is 0. The average Bonchev–Trinajstić information content (AvgIpc) is 2.45. The van der Waals surface area contributed by atoms with Crippen molar-refractivity contribution in [2.45, 2.75) is 26.7 Å². The van der Waals surface area contributed by atoms with Crippen molar-refractivity contribution < 1.29 is 13.9 Å². The van der Waals surface area contributed by atoms with E-state index in [1.807, 2.05) is 26.0 Å². The summed E-state index contributed by atoms with van der Waals surface area (Å²) in [6.07, 6.45) is 2.66. The first-order chi connectivity index (χ1) is 10.9. The van der Waals surface area contributed by atoms with Crippen molar-refractivity contribution in [2.75, 3.05) is 6.61 Å². The molecule has 0 aliphatic carbocycles. The number of rotatable bonds is 7. The number of hydrogen-bond acceptors (Lipinski definition) is 4. The van der Waals surface area contributed by atoms with E-state index in [1.54, 1.807) is 18.2 Å². The van der Waals surface area contributed by atoms with Gasteiger partial charge in [-0.25, -0.2) is 4.79 Å². The fourth-order valence-corrected chi connectivity index (χ4v) is 2.16. The second kappa shape index (κ2) is 7.58. The summed E-state index contributed by atoms with van der Waals surface area (Å²) in [5.74, 6) is 0.690. The van der Waals surface area contributed by atoms with Gasteiger partial charge in [-0.3, -0.25) is 4.79 Å². The van der Waals surface area contributed by atoms with Crippen molar-refractivity contribution in [3.63, 3.8) is 0 Å². The van der Waals surface area contributed by atoms with Gasteiger partial charge in [0.2, 0.25) is 0 Å². The molecule has 120 valence electrons. The highest BCUT2D eigenvalue weighted by molar-refractivity contribution is 5.91. The average molecular weight is 312 g/mol. The smallest absolute Gasteiger partial charge is 0.336 e. The van der Waals surface area contributed by atoms with Gasteiger partial charge < -0.3 is 9.15 Å². The number of fused-ring (bicyclic) bond motifs is 1. The Morgan fingerprint density at radius 3 is 2.74 bits per heavy atom. The van der Waals surface area contributed by atoms with E-state index in [4.69, 9.17) is 9.15 Å². The van der Waals surface area contributed by atoms with Crippen LogP contribution in [0.4, 0.5) is 0 Å². The van der Waals surface area contributed by atoms with Crippen LogP contribution in [0.25, 0.3) is 11.0 Å². The molecule has 0 bridgehead atoms. The van der Waals surface area contributed by atoms with Crippen LogP contribution in [0, 0.1) is 0 Å². The van der Waals surface area contributed by atoms with Crippen molar-refractivity contribution in [2.24, 2.45) is 0 Å². The van der Waals surface area contributed by atoms with Crippen molar-refractivity contribution in [1.82, 2.24) is 0 Å². The molecule has 0 atom stereocenters. The van der Waals surface area contributed by atoms with Crippen LogP contribution in [0.3, 0.4) is 0 Å². The lowest BCUT2D eigenvalue weighted by atomic mass is 10.1. The first-order valence-electron chi connectivity index (χ1n) is 7.45. The first-order valence-corrected chi connectivity index (χ1v) is 7.45. The topological polar surface area (TPSA) is 56.5 Å². The highest BCUT2D eigenvalue weighted by Crippen LogP contribution is 2.19. The molecule has 23 heavy (non-hydrogen) atoms. The highest BCUT2D eigenvalue weighted by atomic mass is 16.5. The molecule has 0 saturated heterocycles. The molecule has 0 saturated carbocycles. The third kappa shape index (κ3) is 5.25. The predicted octanol–water partition coefficient (Wildman–Crippen LogP) is 4.04. The van der Waals surface area contributed by atoms with Gasteiger partial charge in [0.1, 0.15) is 11.3 Å². The van der Waals surface area contributed by atoms with Crippen LogP contribution < -0.4 is 10.4 Å². The number of carbonyl (C=O) groups excluding carboxylic acids is 1. The minimum atomic E-state index is -0.385. The fraction of sp³-hybridized carbons (Fsp3) is 0.263. The van der Waals surface area contributed by atoms with Crippen molar-refractivity contribution >= 4 is 16.8 Å². The van der Waals surface area contributed by atoms with E-state index in [0.29, 0.717) is 30.8 Å². The van der Waals surface area contributed by atoms with E-state index < -0.39 is 0 Å². The Balaban J connectivity index is 1.93. The van der Waals surface area contributed by atoms with Crippen LogP contribution in [0.2, 0.25) is 0 Å². The lowest BCUT2D eigenvalue weighted by Gasteiger charge is -2.07. The Morgan fingerprint density at radius 2 is 2.00 bits per heavy atom. The van der Waals surface area contributed by atoms with Crippen LogP contribution >= 0.6 is 0 Å². The summed E-state index contributed by atoms with van der Waals surface area (Å²) in [6, 6.07) is 8.46. The van der Waals surface area contributed by atoms with Gasteiger partial charge in [-0.2, -0.15) is 0 Å². The first kappa shape index (κ1) is 16.7. The van der Waals surface area contributed by atoms with Gasteiger partial charge >= 0.3 is 5.63 Å². The largest absolute Gasteiger partial charge is 0.493 e. The van der Waals surface area contributed by atoms with E-state index in [-0.39, 0.29) is 11.4 Å². The molecule has 1 heterocycles. The molecular weight excluding hydrogens is 292 g/mol. The molecule has 0 radical (unpaired) electrons. The van der Waals surface area contributed by atoms with Crippen molar-refractivity contribution in [1.29, 1.82) is 0 Å². The summed E-state index contributed by atoms with van der Waals surface area (Å²) in [5.41, 5.74) is 1.93. The van der Waals surface area contributed by atoms with Crippen LogP contribution in [0.15, 0.2) is 63.3 Å². The third-order valence-corrected chi connectivity index (χ3v) is 3.24. The number of benzene rings is 1. The molecule has 1 aromatic carbocycles. The van der Waals surface area contributed by atoms with E-state index in [9.17, 15) is 9.59 Å². The zero-order valence-electron chi connectivity index (χ0n) is 13.4. The van der Waals surface area contributed by atoms with Crippen LogP contribution in [0.5, 0.6) is 5.75 Å². The van der Waals surface area contributed by atoms with Crippen LogP contribution in [0.1, 0.15) is 26.7 Å². The Bertz CT molecular complexity index is 811. The summed E-state index contributed by atoms with van der Waals surface area (Å²) in [4.78, 5) is 22.9. The summed E-state index contributed by atoms with van der Waals surface area (Å²) >= 11 is 0. The number of carbonyl (C=O) groups is 1. The summed E-state index contributed by atoms with van der Waals surface area (Å²) < 4.78 is 10.8. The van der Waals surface area contributed by atoms with Gasteiger partial charge in [0.25, 0.3) is 0 Å². The Hall–Kier alpha value is -2.62. The number of allylic oxidation sites excluding steroid dienone is 2. The van der Waals surface area contributed by atoms with E-state index in [2.05, 4.69) is 6.58 Å². The second-order valence-corrected chi connectivity index (χ2v) is 5.64. The minimum Gasteiger partial charge on any atom is -0.493 e. The quantitative estimate of drug-likeness (QED) is 0.440. The standard InChI is InChI=1S/C19H20O4/c1-13(2)10-16(20)11-14(3)8-9-22-17-6-4-15-5-7-19(21)23-18(15)12-17/h4-7,11-12H,1,8-10H2,2-3H3. The Morgan fingerprint density at radius 1 is 1.26 bits per heavy atom. The van der Waals surface area contributed by atoms with Gasteiger partial charge in [-0.1, -0.05) is 17.7 Å². The molecule has 0 unspecified atom stereocenters. The molecule has 0 N–H and O–H groups in total. The molecule has 0 amide bonds. The molecular formula is C19H20O4. The number of ether oxygens (including phenoxy) is 1. The second-order valence-electron chi connectivity index (χ2n) is 5.64. The lowest BCUT2D eigenvalue weighted by Crippen LogP contribution is -2.01. The van der Waals surface area contributed by atoms with Gasteiger partial charge in [0, 0.05) is 30.4 Å². The van der Waals surface area contributed by atoms with Gasteiger partial charge in [0.05, 0.1) is 6.61 Å². The van der Waals surface area contributed by atoms with Crippen molar-refractivity contribution in [3.05, 3.63) is 64.6 Å². The molecule has 1 aromatic heterocycles. The van der Waals surface area contributed by atoms with Gasteiger partial charge in [-0.05, 0) is 38.1 Å². The molecule has 4 nitrogen and oxygen atoms in total. The monoisotopic (exact) mass is 312 g/mol. The minimum absolute atomic E-state index is 0.0579. The van der Waals surface area contributed by atoms with Crippen LogP contribution in [-0.2, 0) is 4.79 Å². The molecule has 2 rings (SSSR count). The molecule has 0 fully saturated rings. The fourth-order valence-electron chi connectivity index (χ4n) is 2.16. The van der Waals surface area contributed by atoms with E-state index in [0.717, 1.165) is 16.5 Å². The number of ketones is 1.